The van der Waals surface area contributed by atoms with Gasteiger partial charge in [0.15, 0.2) is 0 Å². The lowest BCUT2D eigenvalue weighted by Crippen LogP contribution is -2.58. The fraction of sp³-hybridized carbons (Fsp3) is 0.600. The second kappa shape index (κ2) is 11.5. The van der Waals surface area contributed by atoms with Crippen LogP contribution in [0.25, 0.3) is 0 Å². The summed E-state index contributed by atoms with van der Waals surface area (Å²) in [4.78, 5) is 58.3. The summed E-state index contributed by atoms with van der Waals surface area (Å²) in [6, 6.07) is 7.14. The summed E-state index contributed by atoms with van der Waals surface area (Å²) in [6.07, 6.45) is 1.28. The number of esters is 1. The number of benzene rings is 1. The van der Waals surface area contributed by atoms with Crippen molar-refractivity contribution < 1.29 is 33.5 Å². The number of cyclic esters (lactones) is 1. The SMILES string of the molecule is CC(NC(=O)OC(C)(C)C)C(=O)N1CCCCC1C(=O)N(OCc1ccccc1)C1COC(=O)C1. The van der Waals surface area contributed by atoms with E-state index in [0.717, 1.165) is 18.4 Å². The van der Waals surface area contributed by atoms with Crippen LogP contribution in [0.15, 0.2) is 30.3 Å². The predicted octanol–water partition coefficient (Wildman–Crippen LogP) is 2.56. The molecule has 0 aliphatic carbocycles. The average molecular weight is 490 g/mol. The topological polar surface area (TPSA) is 114 Å². The van der Waals surface area contributed by atoms with Crippen molar-refractivity contribution >= 4 is 23.9 Å². The van der Waals surface area contributed by atoms with Crippen molar-refractivity contribution in [2.45, 2.75) is 83.7 Å². The Kier molecular flexibility index (Phi) is 8.71. The molecule has 2 heterocycles. The molecule has 192 valence electrons. The molecule has 2 fully saturated rings. The first-order chi connectivity index (χ1) is 16.5. The zero-order valence-corrected chi connectivity index (χ0v) is 20.8. The number of hydroxylamine groups is 2. The van der Waals surface area contributed by atoms with Gasteiger partial charge in [0, 0.05) is 6.54 Å². The van der Waals surface area contributed by atoms with E-state index in [2.05, 4.69) is 5.32 Å². The monoisotopic (exact) mass is 489 g/mol. The molecule has 2 aliphatic rings. The number of rotatable bonds is 7. The number of alkyl carbamates (subject to hydrolysis) is 1. The number of piperidine rings is 1. The van der Waals surface area contributed by atoms with Crippen LogP contribution in [-0.4, -0.2) is 70.7 Å². The highest BCUT2D eigenvalue weighted by Crippen LogP contribution is 2.24. The maximum absolute atomic E-state index is 13.7. The lowest BCUT2D eigenvalue weighted by molar-refractivity contribution is -0.212. The fourth-order valence-corrected chi connectivity index (χ4v) is 4.11. The molecule has 1 N–H and O–H groups in total. The van der Waals surface area contributed by atoms with E-state index in [1.807, 2.05) is 30.3 Å². The summed E-state index contributed by atoms with van der Waals surface area (Å²) < 4.78 is 10.3. The first-order valence-corrected chi connectivity index (χ1v) is 12.0. The Bertz CT molecular complexity index is 915. The van der Waals surface area contributed by atoms with Crippen molar-refractivity contribution in [1.82, 2.24) is 15.3 Å². The lowest BCUT2D eigenvalue weighted by atomic mass is 9.99. The molecule has 1 aromatic carbocycles. The minimum absolute atomic E-state index is 0.0256. The summed E-state index contributed by atoms with van der Waals surface area (Å²) in [7, 11) is 0. The zero-order valence-electron chi connectivity index (χ0n) is 20.8. The molecule has 2 aliphatic heterocycles. The molecule has 0 radical (unpaired) electrons. The van der Waals surface area contributed by atoms with Gasteiger partial charge in [-0.25, -0.2) is 9.86 Å². The average Bonchev–Trinajstić information content (AvgIpc) is 3.23. The number of ether oxygens (including phenoxy) is 2. The molecule has 1 aromatic rings. The molecule has 3 amide bonds. The Hall–Kier alpha value is -3.14. The molecular weight excluding hydrogens is 454 g/mol. The third-order valence-electron chi connectivity index (χ3n) is 5.78. The predicted molar refractivity (Wildman–Crippen MR) is 126 cm³/mol. The third-order valence-corrected chi connectivity index (χ3v) is 5.78. The van der Waals surface area contributed by atoms with Crippen molar-refractivity contribution in [2.75, 3.05) is 13.2 Å². The van der Waals surface area contributed by atoms with E-state index >= 15 is 0 Å². The molecule has 0 spiro atoms. The molecule has 3 unspecified atom stereocenters. The van der Waals surface area contributed by atoms with Gasteiger partial charge in [0.05, 0.1) is 6.42 Å². The molecule has 2 saturated heterocycles. The summed E-state index contributed by atoms with van der Waals surface area (Å²) in [5, 5.41) is 3.77. The highest BCUT2D eigenvalue weighted by molar-refractivity contribution is 5.91. The van der Waals surface area contributed by atoms with Crippen LogP contribution in [0.1, 0.15) is 58.9 Å². The normalized spacial score (nSPS) is 21.1. The second-order valence-electron chi connectivity index (χ2n) is 9.88. The lowest BCUT2D eigenvalue weighted by Gasteiger charge is -2.39. The second-order valence-corrected chi connectivity index (χ2v) is 9.88. The number of carbonyl (C=O) groups is 4. The van der Waals surface area contributed by atoms with Crippen molar-refractivity contribution in [3.05, 3.63) is 35.9 Å². The van der Waals surface area contributed by atoms with Gasteiger partial charge in [-0.15, -0.1) is 0 Å². The quantitative estimate of drug-likeness (QED) is 0.462. The van der Waals surface area contributed by atoms with Crippen molar-refractivity contribution in [3.63, 3.8) is 0 Å². The van der Waals surface area contributed by atoms with Crippen LogP contribution in [0.5, 0.6) is 0 Å². The Balaban J connectivity index is 1.73. The molecule has 0 aromatic heterocycles. The number of amides is 3. The Morgan fingerprint density at radius 3 is 2.54 bits per heavy atom. The third kappa shape index (κ3) is 7.42. The zero-order chi connectivity index (χ0) is 25.6. The molecular formula is C25H35N3O7. The highest BCUT2D eigenvalue weighted by atomic mass is 16.7. The summed E-state index contributed by atoms with van der Waals surface area (Å²) >= 11 is 0. The highest BCUT2D eigenvalue weighted by Gasteiger charge is 2.41. The van der Waals surface area contributed by atoms with Crippen LogP contribution < -0.4 is 5.32 Å². The number of hydrogen-bond donors (Lipinski definition) is 1. The maximum atomic E-state index is 13.7. The first-order valence-electron chi connectivity index (χ1n) is 12.0. The maximum Gasteiger partial charge on any atom is 0.408 e. The van der Waals surface area contributed by atoms with E-state index < -0.39 is 41.7 Å². The van der Waals surface area contributed by atoms with Gasteiger partial charge in [0.25, 0.3) is 5.91 Å². The van der Waals surface area contributed by atoms with Gasteiger partial charge in [0.1, 0.15) is 36.9 Å². The van der Waals surface area contributed by atoms with Gasteiger partial charge >= 0.3 is 12.1 Å². The van der Waals surface area contributed by atoms with Crippen molar-refractivity contribution in [2.24, 2.45) is 0 Å². The smallest absolute Gasteiger partial charge is 0.408 e. The summed E-state index contributed by atoms with van der Waals surface area (Å²) in [6.45, 7) is 7.32. The number of nitrogens with zero attached hydrogens (tertiary/aromatic N) is 2. The fourth-order valence-electron chi connectivity index (χ4n) is 4.11. The molecule has 10 heteroatoms. The minimum atomic E-state index is -0.881. The van der Waals surface area contributed by atoms with Gasteiger partial charge < -0.3 is 19.7 Å². The van der Waals surface area contributed by atoms with E-state index in [1.54, 1.807) is 27.7 Å². The molecule has 3 atom stereocenters. The number of nitrogens with one attached hydrogen (secondary N) is 1. The molecule has 0 saturated carbocycles. The van der Waals surface area contributed by atoms with Gasteiger partial charge in [-0.05, 0) is 52.5 Å². The largest absolute Gasteiger partial charge is 0.463 e. The van der Waals surface area contributed by atoms with Crippen molar-refractivity contribution in [3.8, 4) is 0 Å². The van der Waals surface area contributed by atoms with Crippen LogP contribution in [0.3, 0.4) is 0 Å². The van der Waals surface area contributed by atoms with Gasteiger partial charge in [-0.2, -0.15) is 0 Å². The number of likely N-dealkylation sites (tertiary alicyclic amines) is 1. The van der Waals surface area contributed by atoms with Crippen molar-refractivity contribution in [1.29, 1.82) is 0 Å². The van der Waals surface area contributed by atoms with Crippen LogP contribution >= 0.6 is 0 Å². The molecule has 10 nitrogen and oxygen atoms in total. The van der Waals surface area contributed by atoms with Gasteiger partial charge in [0.2, 0.25) is 5.91 Å². The molecule has 3 rings (SSSR count). The van der Waals surface area contributed by atoms with E-state index in [-0.39, 0.29) is 25.5 Å². The number of hydrogen-bond acceptors (Lipinski definition) is 7. The number of carbonyl (C=O) groups excluding carboxylic acids is 4. The Labute approximate surface area is 205 Å². The van der Waals surface area contributed by atoms with Crippen LogP contribution in [0.2, 0.25) is 0 Å². The van der Waals surface area contributed by atoms with E-state index in [9.17, 15) is 19.2 Å². The summed E-state index contributed by atoms with van der Waals surface area (Å²) in [5.41, 5.74) is 0.163. The van der Waals surface area contributed by atoms with E-state index in [1.165, 1.54) is 9.96 Å². The van der Waals surface area contributed by atoms with Crippen LogP contribution in [0.4, 0.5) is 4.79 Å². The Morgan fingerprint density at radius 2 is 1.91 bits per heavy atom. The Morgan fingerprint density at radius 1 is 1.20 bits per heavy atom. The van der Waals surface area contributed by atoms with E-state index in [4.69, 9.17) is 14.3 Å². The van der Waals surface area contributed by atoms with Crippen LogP contribution in [0, 0.1) is 0 Å². The van der Waals surface area contributed by atoms with Gasteiger partial charge in [-0.3, -0.25) is 19.2 Å². The standard InChI is InChI=1S/C25H35N3O7/c1-17(26-24(32)35-25(2,3)4)22(30)27-13-9-8-12-20(27)23(31)28(19-14-21(29)33-16-19)34-15-18-10-6-5-7-11-18/h5-7,10-11,17,19-20H,8-9,12-16H2,1-4H3,(H,26,32). The molecule has 0 bridgehead atoms. The molecule has 35 heavy (non-hydrogen) atoms. The van der Waals surface area contributed by atoms with Crippen LogP contribution in [-0.2, 0) is 35.3 Å². The minimum Gasteiger partial charge on any atom is -0.463 e. The summed E-state index contributed by atoms with van der Waals surface area (Å²) in [5.74, 6) is -1.18. The van der Waals surface area contributed by atoms with Gasteiger partial charge in [-0.1, -0.05) is 30.3 Å². The van der Waals surface area contributed by atoms with E-state index in [0.29, 0.717) is 13.0 Å². The first kappa shape index (κ1) is 26.5.